The zero-order valence-corrected chi connectivity index (χ0v) is 19.1. The van der Waals surface area contributed by atoms with E-state index in [1.165, 1.54) is 40.7 Å². The maximum Gasteiger partial charge on any atom is 0.112 e. The van der Waals surface area contributed by atoms with Gasteiger partial charge in [-0.3, -0.25) is 5.10 Å². The van der Waals surface area contributed by atoms with Crippen molar-refractivity contribution >= 4 is 10.9 Å². The molecule has 5 nitrogen and oxygen atoms in total. The van der Waals surface area contributed by atoms with Crippen molar-refractivity contribution in [3.63, 3.8) is 0 Å². The van der Waals surface area contributed by atoms with Crippen molar-refractivity contribution in [2.24, 2.45) is 0 Å². The number of aromatic amines is 2. The molecule has 0 fully saturated rings. The molecule has 168 valence electrons. The molecule has 1 aliphatic carbocycles. The molecule has 0 amide bonds. The van der Waals surface area contributed by atoms with Gasteiger partial charge < -0.3 is 0 Å². The Bertz CT molecular complexity index is 1640. The maximum absolute atomic E-state index is 4.64. The molecular formula is C30H23N5. The fourth-order valence-corrected chi connectivity index (χ4v) is 5.39. The Kier molecular flexibility index (Phi) is 4.59. The molecule has 1 aliphatic rings. The van der Waals surface area contributed by atoms with Gasteiger partial charge in [-0.1, -0.05) is 72.8 Å². The second kappa shape index (κ2) is 8.06. The number of nitrogens with one attached hydrogen (secondary N) is 2. The smallest absolute Gasteiger partial charge is 0.112 e. The lowest BCUT2D eigenvalue weighted by molar-refractivity contribution is 0.788. The fraction of sp³-hybridized carbons (Fsp3) is 0.100. The quantitative estimate of drug-likeness (QED) is 0.310. The van der Waals surface area contributed by atoms with Gasteiger partial charge in [0.25, 0.3) is 0 Å². The minimum atomic E-state index is 0.501. The van der Waals surface area contributed by atoms with Crippen LogP contribution in [0.1, 0.15) is 29.0 Å². The Morgan fingerprint density at radius 2 is 1.57 bits per heavy atom. The van der Waals surface area contributed by atoms with E-state index in [9.17, 15) is 0 Å². The van der Waals surface area contributed by atoms with Crippen LogP contribution in [0, 0.1) is 0 Å². The minimum Gasteiger partial charge on any atom is -0.277 e. The van der Waals surface area contributed by atoms with Crippen LogP contribution in [0.25, 0.3) is 44.5 Å². The summed E-state index contributed by atoms with van der Waals surface area (Å²) in [6.45, 7) is 0. The lowest BCUT2D eigenvalue weighted by Gasteiger charge is -2.13. The predicted octanol–water partition coefficient (Wildman–Crippen LogP) is 6.76. The molecule has 0 bridgehead atoms. The molecule has 6 aromatic rings. The number of aromatic nitrogens is 5. The SMILES string of the molecule is c1cc(-c2ccc([C@H]3CCc4ccccc43)cc2)cc(-c2n[nH]c3ccc(-c4cn[nH]n4)cc23)c1. The third kappa shape index (κ3) is 3.44. The summed E-state index contributed by atoms with van der Waals surface area (Å²) in [6, 6.07) is 32.7. The van der Waals surface area contributed by atoms with Crippen molar-refractivity contribution in [2.45, 2.75) is 18.8 Å². The molecule has 2 N–H and O–H groups in total. The van der Waals surface area contributed by atoms with E-state index < -0.39 is 0 Å². The molecule has 0 unspecified atom stereocenters. The van der Waals surface area contributed by atoms with Gasteiger partial charge in [0.2, 0.25) is 0 Å². The van der Waals surface area contributed by atoms with Crippen LogP contribution in [-0.2, 0) is 6.42 Å². The second-order valence-electron chi connectivity index (χ2n) is 9.18. The average Bonchev–Trinajstić information content (AvgIpc) is 3.68. The Hall–Kier alpha value is -4.51. The molecule has 0 radical (unpaired) electrons. The van der Waals surface area contributed by atoms with Gasteiger partial charge in [0.15, 0.2) is 0 Å². The monoisotopic (exact) mass is 453 g/mol. The van der Waals surface area contributed by atoms with Crippen LogP contribution in [0.5, 0.6) is 0 Å². The zero-order chi connectivity index (χ0) is 23.2. The summed E-state index contributed by atoms with van der Waals surface area (Å²) in [4.78, 5) is 0. The van der Waals surface area contributed by atoms with E-state index in [0.29, 0.717) is 5.92 Å². The van der Waals surface area contributed by atoms with Crippen LogP contribution >= 0.6 is 0 Å². The number of nitrogens with zero attached hydrogens (tertiary/aromatic N) is 3. The number of aryl methyl sites for hydroxylation is 1. The van der Waals surface area contributed by atoms with Crippen LogP contribution in [0.2, 0.25) is 0 Å². The molecular weight excluding hydrogens is 430 g/mol. The standard InChI is InChI=1S/C30H23N5/c1-2-7-25-20(4-1)12-14-26(25)21-10-8-19(9-11-21)22-5-3-6-24(16-22)30-27-17-23(29-18-31-35-33-29)13-15-28(27)32-34-30/h1-11,13,15-18,26H,12,14H2,(H,32,34)(H,31,33,35)/t26-/m1/s1. The molecule has 7 rings (SSSR count). The van der Waals surface area contributed by atoms with E-state index in [2.05, 4.69) is 104 Å². The maximum atomic E-state index is 4.64. The van der Waals surface area contributed by atoms with Gasteiger partial charge in [-0.2, -0.15) is 20.5 Å². The number of hydrogen-bond acceptors (Lipinski definition) is 3. The van der Waals surface area contributed by atoms with E-state index in [1.807, 2.05) is 12.1 Å². The molecule has 1 atom stereocenters. The highest BCUT2D eigenvalue weighted by molar-refractivity contribution is 5.96. The second-order valence-corrected chi connectivity index (χ2v) is 9.18. The molecule has 4 aromatic carbocycles. The van der Waals surface area contributed by atoms with Gasteiger partial charge in [-0.05, 0) is 58.9 Å². The van der Waals surface area contributed by atoms with E-state index in [1.54, 1.807) is 6.20 Å². The Balaban J connectivity index is 1.22. The van der Waals surface area contributed by atoms with E-state index in [0.717, 1.165) is 33.4 Å². The molecule has 5 heteroatoms. The van der Waals surface area contributed by atoms with Crippen LogP contribution < -0.4 is 0 Å². The van der Waals surface area contributed by atoms with Crippen LogP contribution in [0.3, 0.4) is 0 Å². The van der Waals surface area contributed by atoms with Gasteiger partial charge in [0.05, 0.1) is 17.4 Å². The molecule has 0 spiro atoms. The highest BCUT2D eigenvalue weighted by atomic mass is 15.3. The molecule has 2 heterocycles. The van der Waals surface area contributed by atoms with Crippen LogP contribution in [0.4, 0.5) is 0 Å². The normalized spacial score (nSPS) is 14.9. The van der Waals surface area contributed by atoms with Gasteiger partial charge in [0, 0.05) is 22.4 Å². The summed E-state index contributed by atoms with van der Waals surface area (Å²) in [6.07, 6.45) is 4.09. The lowest BCUT2D eigenvalue weighted by atomic mass is 9.91. The summed E-state index contributed by atoms with van der Waals surface area (Å²) >= 11 is 0. The summed E-state index contributed by atoms with van der Waals surface area (Å²) in [5, 5.41) is 19.7. The van der Waals surface area contributed by atoms with Crippen molar-refractivity contribution in [3.8, 4) is 33.6 Å². The van der Waals surface area contributed by atoms with Crippen molar-refractivity contribution < 1.29 is 0 Å². The summed E-state index contributed by atoms with van der Waals surface area (Å²) in [5.41, 5.74) is 11.6. The zero-order valence-electron chi connectivity index (χ0n) is 19.1. The van der Waals surface area contributed by atoms with Gasteiger partial charge in [0.1, 0.15) is 5.69 Å². The van der Waals surface area contributed by atoms with E-state index in [4.69, 9.17) is 0 Å². The molecule has 0 saturated heterocycles. The predicted molar refractivity (Wildman–Crippen MR) is 139 cm³/mol. The topological polar surface area (TPSA) is 70.2 Å². The number of rotatable bonds is 4. The number of H-pyrrole nitrogens is 2. The van der Waals surface area contributed by atoms with Crippen molar-refractivity contribution in [2.75, 3.05) is 0 Å². The third-order valence-corrected chi connectivity index (χ3v) is 7.19. The first kappa shape index (κ1) is 19.9. The Morgan fingerprint density at radius 3 is 2.46 bits per heavy atom. The molecule has 0 aliphatic heterocycles. The molecule has 0 saturated carbocycles. The Morgan fingerprint density at radius 1 is 0.714 bits per heavy atom. The highest BCUT2D eigenvalue weighted by Crippen LogP contribution is 2.39. The molecule has 2 aromatic heterocycles. The Labute approximate surface area is 202 Å². The van der Waals surface area contributed by atoms with Crippen molar-refractivity contribution in [3.05, 3.63) is 114 Å². The van der Waals surface area contributed by atoms with E-state index >= 15 is 0 Å². The number of benzene rings is 4. The summed E-state index contributed by atoms with van der Waals surface area (Å²) in [5.74, 6) is 0.501. The highest BCUT2D eigenvalue weighted by Gasteiger charge is 2.23. The number of hydrogen-bond donors (Lipinski definition) is 2. The summed E-state index contributed by atoms with van der Waals surface area (Å²) < 4.78 is 0. The fourth-order valence-electron chi connectivity index (χ4n) is 5.39. The average molecular weight is 454 g/mol. The van der Waals surface area contributed by atoms with Gasteiger partial charge >= 0.3 is 0 Å². The van der Waals surface area contributed by atoms with Crippen molar-refractivity contribution in [1.82, 2.24) is 25.6 Å². The lowest BCUT2D eigenvalue weighted by Crippen LogP contribution is -1.95. The first-order valence-corrected chi connectivity index (χ1v) is 12.0. The van der Waals surface area contributed by atoms with Gasteiger partial charge in [-0.25, -0.2) is 0 Å². The third-order valence-electron chi connectivity index (χ3n) is 7.19. The van der Waals surface area contributed by atoms with E-state index in [-0.39, 0.29) is 0 Å². The van der Waals surface area contributed by atoms with Crippen LogP contribution in [-0.4, -0.2) is 25.6 Å². The summed E-state index contributed by atoms with van der Waals surface area (Å²) in [7, 11) is 0. The first-order valence-electron chi connectivity index (χ1n) is 12.0. The minimum absolute atomic E-state index is 0.501. The van der Waals surface area contributed by atoms with Gasteiger partial charge in [-0.15, -0.1) is 0 Å². The van der Waals surface area contributed by atoms with Crippen LogP contribution in [0.15, 0.2) is 97.2 Å². The molecule has 35 heavy (non-hydrogen) atoms. The van der Waals surface area contributed by atoms with Crippen molar-refractivity contribution in [1.29, 1.82) is 0 Å². The largest absolute Gasteiger partial charge is 0.277 e. The first-order chi connectivity index (χ1) is 17.3. The number of fused-ring (bicyclic) bond motifs is 2.